The Morgan fingerprint density at radius 3 is 2.17 bits per heavy atom. The van der Waals surface area contributed by atoms with Crippen LogP contribution in [0.15, 0.2) is 12.7 Å². The molecule has 0 amide bonds. The Morgan fingerprint density at radius 2 is 2.17 bits per heavy atom. The van der Waals surface area contributed by atoms with E-state index in [1.165, 1.54) is 7.11 Å². The molecular weight excluding hydrogens is 160 g/mol. The highest BCUT2D eigenvalue weighted by Crippen LogP contribution is 1.88. The molecule has 0 aromatic carbocycles. The molecule has 4 nitrogen and oxygen atoms in total. The molecule has 0 aromatic heterocycles. The summed E-state index contributed by atoms with van der Waals surface area (Å²) in [6.07, 6.45) is 1.33. The third-order valence-electron chi connectivity index (χ3n) is 0.915. The van der Waals surface area contributed by atoms with Crippen molar-refractivity contribution < 1.29 is 19.7 Å². The van der Waals surface area contributed by atoms with Gasteiger partial charge in [-0.05, 0) is 6.42 Å². The zero-order chi connectivity index (χ0) is 9.98. The van der Waals surface area contributed by atoms with E-state index in [0.717, 1.165) is 12.5 Å². The van der Waals surface area contributed by atoms with Gasteiger partial charge in [0.2, 0.25) is 0 Å². The van der Waals surface area contributed by atoms with E-state index in [-0.39, 0.29) is 0 Å². The van der Waals surface area contributed by atoms with Gasteiger partial charge in [-0.1, -0.05) is 19.9 Å². The number of hydrogen-bond donors (Lipinski definition) is 2. The van der Waals surface area contributed by atoms with Gasteiger partial charge < -0.3 is 14.9 Å². The van der Waals surface area contributed by atoms with Gasteiger partial charge in [-0.15, -0.1) is 0 Å². The summed E-state index contributed by atoms with van der Waals surface area (Å²) in [4.78, 5) is 9.84. The molecule has 0 bridgehead atoms. The Bertz CT molecular complexity index is 120. The second kappa shape index (κ2) is 10.1. The first kappa shape index (κ1) is 13.7. The van der Waals surface area contributed by atoms with Crippen LogP contribution in [0.4, 0.5) is 0 Å². The van der Waals surface area contributed by atoms with Crippen molar-refractivity contribution in [1.82, 2.24) is 0 Å². The molecule has 0 radical (unpaired) electrons. The van der Waals surface area contributed by atoms with Crippen LogP contribution in [0.3, 0.4) is 0 Å². The molecule has 0 heterocycles. The molecule has 0 aromatic rings. The second-order valence-electron chi connectivity index (χ2n) is 2.00. The molecule has 72 valence electrons. The van der Waals surface area contributed by atoms with Gasteiger partial charge in [-0.3, -0.25) is 0 Å². The minimum Gasteiger partial charge on any atom is -0.466 e. The van der Waals surface area contributed by atoms with E-state index in [1.807, 2.05) is 6.92 Å². The zero-order valence-electron chi connectivity index (χ0n) is 7.49. The lowest BCUT2D eigenvalue weighted by Crippen LogP contribution is -2.01. The van der Waals surface area contributed by atoms with E-state index in [1.54, 1.807) is 0 Å². The molecule has 0 spiro atoms. The van der Waals surface area contributed by atoms with Gasteiger partial charge in [-0.2, -0.15) is 0 Å². The van der Waals surface area contributed by atoms with E-state index in [0.29, 0.717) is 6.42 Å². The van der Waals surface area contributed by atoms with Crippen LogP contribution < -0.4 is 0 Å². The number of aliphatic hydroxyl groups excluding tert-OH is 1. The highest BCUT2D eigenvalue weighted by Gasteiger charge is 1.89. The van der Waals surface area contributed by atoms with Gasteiger partial charge in [-0.25, -0.2) is 4.79 Å². The van der Waals surface area contributed by atoms with Crippen molar-refractivity contribution >= 4 is 5.97 Å². The average molecular weight is 176 g/mol. The van der Waals surface area contributed by atoms with E-state index in [9.17, 15) is 4.79 Å². The first-order valence-corrected chi connectivity index (χ1v) is 3.65. The van der Waals surface area contributed by atoms with Crippen molar-refractivity contribution in [2.75, 3.05) is 7.11 Å². The summed E-state index contributed by atoms with van der Waals surface area (Å²) in [7, 11) is 1.31. The number of rotatable bonds is 3. The highest BCUT2D eigenvalue weighted by atomic mass is 16.5. The normalized spacial score (nSPS) is 8.42. The van der Waals surface area contributed by atoms with Crippen LogP contribution in [0.5, 0.6) is 0 Å². The summed E-state index contributed by atoms with van der Waals surface area (Å²) in [5.41, 5.74) is 0. The largest absolute Gasteiger partial charge is 0.466 e. The van der Waals surface area contributed by atoms with Crippen LogP contribution >= 0.6 is 0 Å². The Balaban J connectivity index is 0. The summed E-state index contributed by atoms with van der Waals surface area (Å²) in [5, 5.41) is 16.2. The minimum absolute atomic E-state index is 0.394. The van der Waals surface area contributed by atoms with Gasteiger partial charge >= 0.3 is 5.97 Å². The van der Waals surface area contributed by atoms with Crippen molar-refractivity contribution in [3.8, 4) is 0 Å². The van der Waals surface area contributed by atoms with Crippen LogP contribution in [-0.4, -0.2) is 29.6 Å². The van der Waals surface area contributed by atoms with E-state index in [4.69, 9.17) is 10.2 Å². The molecule has 0 aliphatic heterocycles. The number of esters is 1. The Hall–Kier alpha value is -0.870. The molecule has 4 heteroatoms. The van der Waals surface area contributed by atoms with Crippen molar-refractivity contribution in [2.24, 2.45) is 0 Å². The molecule has 0 aliphatic carbocycles. The number of ether oxygens (including phenoxy) is 1. The molecular formula is C8H16O4. The maximum absolute atomic E-state index is 9.84. The molecule has 0 aliphatic rings. The Labute approximate surface area is 72.5 Å². The number of carbonyl (C=O) groups is 1. The molecule has 12 heavy (non-hydrogen) atoms. The number of hydrogen-bond acceptors (Lipinski definition) is 4. The van der Waals surface area contributed by atoms with Crippen molar-refractivity contribution in [2.45, 2.75) is 26.1 Å². The predicted octanol–water partition coefficient (Wildman–Crippen LogP) is 0.443. The van der Waals surface area contributed by atoms with E-state index in [2.05, 4.69) is 11.3 Å². The van der Waals surface area contributed by atoms with Gasteiger partial charge in [0.1, 0.15) is 0 Å². The van der Waals surface area contributed by atoms with Gasteiger partial charge in [0.25, 0.3) is 0 Å². The van der Waals surface area contributed by atoms with Gasteiger partial charge in [0.05, 0.1) is 7.11 Å². The van der Waals surface area contributed by atoms with Crippen LogP contribution in [-0.2, 0) is 9.53 Å². The lowest BCUT2D eigenvalue weighted by atomic mass is 10.3. The number of aliphatic hydroxyl groups is 2. The van der Waals surface area contributed by atoms with Crippen molar-refractivity contribution in [1.29, 1.82) is 0 Å². The van der Waals surface area contributed by atoms with Crippen molar-refractivity contribution in [3.63, 3.8) is 0 Å². The molecule has 0 unspecified atom stereocenters. The zero-order valence-corrected chi connectivity index (χ0v) is 7.49. The molecule has 2 N–H and O–H groups in total. The number of methoxy groups -OCH3 is 1. The Morgan fingerprint density at radius 1 is 1.67 bits per heavy atom. The first-order chi connectivity index (χ1) is 5.58. The summed E-state index contributed by atoms with van der Waals surface area (Å²) in [6, 6.07) is 0. The molecule has 0 rings (SSSR count). The lowest BCUT2D eigenvalue weighted by molar-refractivity contribution is -0.134. The maximum Gasteiger partial charge on any atom is 0.329 e. The molecule has 0 saturated carbocycles. The van der Waals surface area contributed by atoms with Crippen LogP contribution in [0, 0.1) is 0 Å². The highest BCUT2D eigenvalue weighted by molar-refractivity contribution is 5.80. The molecule has 0 saturated heterocycles. The third-order valence-corrected chi connectivity index (χ3v) is 0.915. The SMILES string of the molecule is C=CC(=O)OC.CCCC(O)O. The first-order valence-electron chi connectivity index (χ1n) is 3.65. The molecule has 0 atom stereocenters. The van der Waals surface area contributed by atoms with Crippen molar-refractivity contribution in [3.05, 3.63) is 12.7 Å². The smallest absolute Gasteiger partial charge is 0.329 e. The van der Waals surface area contributed by atoms with Crippen LogP contribution in [0.25, 0.3) is 0 Å². The third kappa shape index (κ3) is 16.1. The number of carbonyl (C=O) groups excluding carboxylic acids is 1. The fraction of sp³-hybridized carbons (Fsp3) is 0.625. The monoisotopic (exact) mass is 176 g/mol. The quantitative estimate of drug-likeness (QED) is 0.372. The van der Waals surface area contributed by atoms with E-state index >= 15 is 0 Å². The second-order valence-corrected chi connectivity index (χ2v) is 2.00. The topological polar surface area (TPSA) is 66.8 Å². The lowest BCUT2D eigenvalue weighted by Gasteiger charge is -1.94. The summed E-state index contributed by atoms with van der Waals surface area (Å²) < 4.78 is 4.14. The maximum atomic E-state index is 9.84. The summed E-state index contributed by atoms with van der Waals surface area (Å²) in [6.45, 7) is 5.06. The van der Waals surface area contributed by atoms with Gasteiger partial charge in [0.15, 0.2) is 6.29 Å². The summed E-state index contributed by atoms with van der Waals surface area (Å²) >= 11 is 0. The standard InChI is InChI=1S/C4H6O2.C4H10O2/c1-3-4(5)6-2;1-2-3-4(5)6/h3H,1H2,2H3;4-6H,2-3H2,1H3. The van der Waals surface area contributed by atoms with Crippen LogP contribution in [0.1, 0.15) is 19.8 Å². The predicted molar refractivity (Wildman–Crippen MR) is 45.3 cm³/mol. The fourth-order valence-corrected chi connectivity index (χ4v) is 0.342. The Kier molecular flexibility index (Phi) is 11.6. The molecule has 0 fully saturated rings. The summed E-state index contributed by atoms with van der Waals surface area (Å²) in [5.74, 6) is -0.394. The van der Waals surface area contributed by atoms with Gasteiger partial charge in [0, 0.05) is 6.08 Å². The average Bonchev–Trinajstić information content (AvgIpc) is 2.04. The fourth-order valence-electron chi connectivity index (χ4n) is 0.342. The van der Waals surface area contributed by atoms with Crippen LogP contribution in [0.2, 0.25) is 0 Å². The minimum atomic E-state index is -1.10. The van der Waals surface area contributed by atoms with E-state index < -0.39 is 12.3 Å².